The van der Waals surface area contributed by atoms with Crippen molar-refractivity contribution in [3.8, 4) is 0 Å². The smallest absolute Gasteiger partial charge is 0.209 e. The molecule has 148 valence electrons. The number of quaternary nitrogens is 2. The number of nitrogens with zero attached hydrogens (tertiary/aromatic N) is 4. The van der Waals surface area contributed by atoms with E-state index in [-0.39, 0.29) is 0 Å². The SMILES string of the molecule is CC(C)C[C@H](c1nnnn1Cc1cccs1)[NH+]1CC[NH+](C2CCCC2)CC1. The van der Waals surface area contributed by atoms with E-state index in [9.17, 15) is 0 Å². The first kappa shape index (κ1) is 19.0. The van der Waals surface area contributed by atoms with Crippen LogP contribution in [0.1, 0.15) is 62.7 Å². The zero-order chi connectivity index (χ0) is 18.6. The van der Waals surface area contributed by atoms with Gasteiger partial charge in [-0.25, -0.2) is 4.68 Å². The number of tetrazole rings is 1. The van der Waals surface area contributed by atoms with Gasteiger partial charge in [0.1, 0.15) is 26.2 Å². The molecule has 2 aliphatic rings. The summed E-state index contributed by atoms with van der Waals surface area (Å²) in [5, 5.41) is 15.0. The molecule has 0 bridgehead atoms. The summed E-state index contributed by atoms with van der Waals surface area (Å²) in [6, 6.07) is 5.61. The zero-order valence-corrected chi connectivity index (χ0v) is 17.5. The van der Waals surface area contributed by atoms with Gasteiger partial charge in [-0.05, 0) is 53.5 Å². The molecule has 7 heteroatoms. The summed E-state index contributed by atoms with van der Waals surface area (Å²) in [7, 11) is 0. The fraction of sp³-hybridized carbons (Fsp3) is 0.750. The van der Waals surface area contributed by atoms with Crippen LogP contribution in [0.3, 0.4) is 0 Å². The number of nitrogens with one attached hydrogen (secondary N) is 2. The molecule has 0 radical (unpaired) electrons. The van der Waals surface area contributed by atoms with E-state index in [2.05, 4.69) is 46.9 Å². The molecule has 0 unspecified atom stereocenters. The van der Waals surface area contributed by atoms with Gasteiger partial charge in [-0.3, -0.25) is 0 Å². The predicted octanol–water partition coefficient (Wildman–Crippen LogP) is 0.596. The summed E-state index contributed by atoms with van der Waals surface area (Å²) < 4.78 is 2.04. The molecule has 2 fully saturated rings. The number of aromatic nitrogens is 4. The van der Waals surface area contributed by atoms with Gasteiger partial charge in [0.25, 0.3) is 0 Å². The summed E-state index contributed by atoms with van der Waals surface area (Å²) >= 11 is 1.78. The van der Waals surface area contributed by atoms with Crippen molar-refractivity contribution in [2.45, 2.75) is 64.6 Å². The number of hydrogen-bond donors (Lipinski definition) is 2. The Hall–Kier alpha value is -1.31. The Morgan fingerprint density at radius 2 is 1.96 bits per heavy atom. The van der Waals surface area contributed by atoms with Crippen molar-refractivity contribution in [2.24, 2.45) is 5.92 Å². The molecular formula is C20H34N6S+2. The average molecular weight is 391 g/mol. The quantitative estimate of drug-likeness (QED) is 0.728. The second-order valence-corrected chi connectivity index (χ2v) is 9.79. The monoisotopic (exact) mass is 390 g/mol. The van der Waals surface area contributed by atoms with E-state index in [0.717, 1.165) is 24.8 Å². The van der Waals surface area contributed by atoms with Crippen molar-refractivity contribution in [2.75, 3.05) is 26.2 Å². The Balaban J connectivity index is 1.46. The van der Waals surface area contributed by atoms with E-state index in [0.29, 0.717) is 12.0 Å². The fourth-order valence-corrected chi connectivity index (χ4v) is 5.72. The summed E-state index contributed by atoms with van der Waals surface area (Å²) in [6.07, 6.45) is 6.92. The minimum Gasteiger partial charge on any atom is -0.323 e. The highest BCUT2D eigenvalue weighted by Crippen LogP contribution is 2.19. The van der Waals surface area contributed by atoms with Gasteiger partial charge in [0, 0.05) is 11.3 Å². The number of rotatable bonds is 7. The van der Waals surface area contributed by atoms with Gasteiger partial charge in [-0.15, -0.1) is 16.4 Å². The van der Waals surface area contributed by atoms with Crippen LogP contribution in [-0.2, 0) is 6.54 Å². The van der Waals surface area contributed by atoms with Crippen molar-refractivity contribution < 1.29 is 9.80 Å². The second kappa shape index (κ2) is 8.80. The Morgan fingerprint density at radius 3 is 2.63 bits per heavy atom. The van der Waals surface area contributed by atoms with E-state index < -0.39 is 0 Å². The molecule has 2 aromatic heterocycles. The molecule has 1 saturated carbocycles. The Kier molecular flexibility index (Phi) is 6.20. The Bertz CT molecular complexity index is 683. The lowest BCUT2D eigenvalue weighted by molar-refractivity contribution is -1.04. The third-order valence-electron chi connectivity index (χ3n) is 6.42. The molecule has 0 aromatic carbocycles. The summed E-state index contributed by atoms with van der Waals surface area (Å²) in [5.74, 6) is 1.73. The van der Waals surface area contributed by atoms with Crippen LogP contribution < -0.4 is 9.80 Å². The summed E-state index contributed by atoms with van der Waals surface area (Å²) in [5.41, 5.74) is 0. The maximum absolute atomic E-state index is 4.50. The predicted molar refractivity (Wildman–Crippen MR) is 107 cm³/mol. The molecule has 1 aliphatic heterocycles. The van der Waals surface area contributed by atoms with Gasteiger partial charge in [0.05, 0.1) is 12.6 Å². The number of piperazine rings is 1. The lowest BCUT2D eigenvalue weighted by Gasteiger charge is -2.36. The summed E-state index contributed by atoms with van der Waals surface area (Å²) in [6.45, 7) is 10.5. The summed E-state index contributed by atoms with van der Waals surface area (Å²) in [4.78, 5) is 4.86. The van der Waals surface area contributed by atoms with Gasteiger partial charge in [0.15, 0.2) is 6.04 Å². The van der Waals surface area contributed by atoms with Gasteiger partial charge in [0.2, 0.25) is 5.82 Å². The van der Waals surface area contributed by atoms with E-state index in [1.54, 1.807) is 16.2 Å². The number of hydrogen-bond acceptors (Lipinski definition) is 4. The Morgan fingerprint density at radius 1 is 1.19 bits per heavy atom. The third kappa shape index (κ3) is 4.58. The van der Waals surface area contributed by atoms with Crippen LogP contribution in [-0.4, -0.2) is 52.4 Å². The molecule has 4 rings (SSSR count). The molecule has 0 amide bonds. The van der Waals surface area contributed by atoms with Gasteiger partial charge in [-0.2, -0.15) is 0 Å². The van der Waals surface area contributed by atoms with Gasteiger partial charge < -0.3 is 9.80 Å². The topological polar surface area (TPSA) is 52.5 Å². The van der Waals surface area contributed by atoms with Crippen LogP contribution in [0.15, 0.2) is 17.5 Å². The molecule has 2 N–H and O–H groups in total. The standard InChI is InChI=1S/C20H32N6S/c1-16(2)14-19(20-21-22-23-26(20)15-18-8-5-13-27-18)25-11-9-24(10-12-25)17-6-3-4-7-17/h5,8,13,16-17,19H,3-4,6-7,9-12,14-15H2,1-2H3/p+2/t19-/m1/s1. The third-order valence-corrected chi connectivity index (χ3v) is 7.29. The second-order valence-electron chi connectivity index (χ2n) is 8.75. The lowest BCUT2D eigenvalue weighted by Crippen LogP contribution is -3.29. The molecule has 1 saturated heterocycles. The Labute approximate surface area is 166 Å². The lowest BCUT2D eigenvalue weighted by atomic mass is 10.0. The van der Waals surface area contributed by atoms with Crippen LogP contribution >= 0.6 is 11.3 Å². The molecule has 0 spiro atoms. The molecule has 1 atom stereocenters. The van der Waals surface area contributed by atoms with Crippen molar-refractivity contribution in [3.63, 3.8) is 0 Å². The zero-order valence-electron chi connectivity index (χ0n) is 16.7. The van der Waals surface area contributed by atoms with E-state index >= 15 is 0 Å². The highest BCUT2D eigenvalue weighted by atomic mass is 32.1. The van der Waals surface area contributed by atoms with Crippen LogP contribution in [0.25, 0.3) is 0 Å². The van der Waals surface area contributed by atoms with Crippen LogP contribution in [0, 0.1) is 5.92 Å². The normalized spacial score (nSPS) is 25.3. The first-order valence-corrected chi connectivity index (χ1v) is 11.6. The minimum atomic E-state index is 0.407. The maximum atomic E-state index is 4.50. The molecular weight excluding hydrogens is 356 g/mol. The molecule has 6 nitrogen and oxygen atoms in total. The molecule has 27 heavy (non-hydrogen) atoms. The largest absolute Gasteiger partial charge is 0.323 e. The van der Waals surface area contributed by atoms with Crippen LogP contribution in [0.4, 0.5) is 0 Å². The first-order valence-electron chi connectivity index (χ1n) is 10.7. The molecule has 1 aliphatic carbocycles. The van der Waals surface area contributed by atoms with Gasteiger partial charge in [-0.1, -0.05) is 19.9 Å². The highest BCUT2D eigenvalue weighted by Gasteiger charge is 2.37. The number of thiophene rings is 1. The molecule has 3 heterocycles. The fourth-order valence-electron chi connectivity index (χ4n) is 5.03. The highest BCUT2D eigenvalue weighted by molar-refractivity contribution is 7.09. The van der Waals surface area contributed by atoms with Crippen molar-refractivity contribution in [1.82, 2.24) is 20.2 Å². The first-order chi connectivity index (χ1) is 13.2. The van der Waals surface area contributed by atoms with Crippen molar-refractivity contribution >= 4 is 11.3 Å². The van der Waals surface area contributed by atoms with E-state index in [1.165, 1.54) is 56.7 Å². The van der Waals surface area contributed by atoms with E-state index in [4.69, 9.17) is 0 Å². The van der Waals surface area contributed by atoms with Crippen molar-refractivity contribution in [1.29, 1.82) is 0 Å². The molecule has 2 aromatic rings. The average Bonchev–Trinajstić information content (AvgIpc) is 3.43. The minimum absolute atomic E-state index is 0.407. The van der Waals surface area contributed by atoms with Crippen LogP contribution in [0.5, 0.6) is 0 Å². The van der Waals surface area contributed by atoms with Crippen molar-refractivity contribution in [3.05, 3.63) is 28.2 Å². The maximum Gasteiger partial charge on any atom is 0.209 e. The van der Waals surface area contributed by atoms with Gasteiger partial charge >= 0.3 is 0 Å². The van der Waals surface area contributed by atoms with Crippen LogP contribution in [0.2, 0.25) is 0 Å². The van der Waals surface area contributed by atoms with E-state index in [1.807, 2.05) is 9.58 Å².